The fraction of sp³-hybridized carbons (Fsp3) is 0.944. The maximum atomic E-state index is 12.9. The molecule has 0 spiro atoms. The first-order valence-corrected chi connectivity index (χ1v) is 9.25. The summed E-state index contributed by atoms with van der Waals surface area (Å²) in [6, 6.07) is 0.570. The number of carbonyl (C=O) groups excluding carboxylic acids is 1. The van der Waals surface area contributed by atoms with E-state index in [1.807, 2.05) is 0 Å². The monoisotopic (exact) mass is 294 g/mol. The maximum Gasteiger partial charge on any atom is 0.241 e. The van der Waals surface area contributed by atoms with Crippen LogP contribution in [0.5, 0.6) is 0 Å². The third-order valence-corrected chi connectivity index (χ3v) is 5.31. The summed E-state index contributed by atoms with van der Waals surface area (Å²) in [7, 11) is 0. The number of hydrogen-bond donors (Lipinski definition) is 1. The molecule has 0 bridgehead atoms. The van der Waals surface area contributed by atoms with Gasteiger partial charge in [0.15, 0.2) is 0 Å². The Kier molecular flexibility index (Phi) is 6.53. The van der Waals surface area contributed by atoms with E-state index in [0.29, 0.717) is 18.1 Å². The number of rotatable bonds is 6. The molecule has 1 aliphatic carbocycles. The van der Waals surface area contributed by atoms with E-state index in [4.69, 9.17) is 0 Å². The van der Waals surface area contributed by atoms with Crippen molar-refractivity contribution in [1.29, 1.82) is 0 Å². The zero-order valence-electron chi connectivity index (χ0n) is 14.2. The molecule has 122 valence electrons. The van der Waals surface area contributed by atoms with Crippen LogP contribution in [0.4, 0.5) is 0 Å². The molecule has 1 aliphatic heterocycles. The first kappa shape index (κ1) is 16.8. The molecule has 0 aromatic heterocycles. The van der Waals surface area contributed by atoms with Crippen molar-refractivity contribution >= 4 is 5.91 Å². The molecule has 21 heavy (non-hydrogen) atoms. The van der Waals surface area contributed by atoms with Gasteiger partial charge in [0.2, 0.25) is 5.91 Å². The summed E-state index contributed by atoms with van der Waals surface area (Å²) < 4.78 is 0. The van der Waals surface area contributed by atoms with Crippen LogP contribution < -0.4 is 5.32 Å². The average Bonchev–Trinajstić information content (AvgIpc) is 2.62. The number of unbranched alkanes of at least 4 members (excludes halogenated alkanes) is 1. The molecule has 4 unspecified atom stereocenters. The van der Waals surface area contributed by atoms with Gasteiger partial charge in [-0.25, -0.2) is 0 Å². The van der Waals surface area contributed by atoms with Crippen LogP contribution in [0.25, 0.3) is 0 Å². The number of carbonyl (C=O) groups is 1. The number of hydrogen-bond acceptors (Lipinski definition) is 2. The highest BCUT2D eigenvalue weighted by Gasteiger charge is 2.41. The van der Waals surface area contributed by atoms with Crippen LogP contribution in [0.3, 0.4) is 0 Å². The van der Waals surface area contributed by atoms with Gasteiger partial charge in [-0.05, 0) is 38.0 Å². The Bertz CT molecular complexity index is 331. The SMILES string of the molecule is CCCCC1NC(CCC)N(C2CCCC(C)CC2)C1=O. The summed E-state index contributed by atoms with van der Waals surface area (Å²) in [6.07, 6.45) is 12.2. The van der Waals surface area contributed by atoms with E-state index < -0.39 is 0 Å². The zero-order valence-corrected chi connectivity index (χ0v) is 14.2. The lowest BCUT2D eigenvalue weighted by Gasteiger charge is -2.32. The van der Waals surface area contributed by atoms with E-state index in [1.54, 1.807) is 0 Å². The molecule has 0 aromatic carbocycles. The van der Waals surface area contributed by atoms with E-state index >= 15 is 0 Å². The molecule has 2 aliphatic rings. The van der Waals surface area contributed by atoms with E-state index in [1.165, 1.54) is 38.5 Å². The van der Waals surface area contributed by atoms with Gasteiger partial charge >= 0.3 is 0 Å². The summed E-state index contributed by atoms with van der Waals surface area (Å²) >= 11 is 0. The fourth-order valence-electron chi connectivity index (χ4n) is 4.01. The van der Waals surface area contributed by atoms with Gasteiger partial charge in [0.1, 0.15) is 0 Å². The van der Waals surface area contributed by atoms with Crippen molar-refractivity contribution in [3.63, 3.8) is 0 Å². The minimum atomic E-state index is 0.0853. The van der Waals surface area contributed by atoms with Crippen LogP contribution in [-0.4, -0.2) is 29.1 Å². The molecular formula is C18H34N2O. The van der Waals surface area contributed by atoms with Gasteiger partial charge in [-0.3, -0.25) is 10.1 Å². The lowest BCUT2D eigenvalue weighted by Crippen LogP contribution is -2.44. The molecule has 1 amide bonds. The smallest absolute Gasteiger partial charge is 0.241 e. The topological polar surface area (TPSA) is 32.3 Å². The van der Waals surface area contributed by atoms with Crippen molar-refractivity contribution in [2.24, 2.45) is 5.92 Å². The Morgan fingerprint density at radius 1 is 1.10 bits per heavy atom. The third-order valence-electron chi connectivity index (χ3n) is 5.31. The second-order valence-corrected chi connectivity index (χ2v) is 7.18. The molecule has 3 nitrogen and oxygen atoms in total. The van der Waals surface area contributed by atoms with Crippen LogP contribution in [0.2, 0.25) is 0 Å². The Morgan fingerprint density at radius 3 is 2.62 bits per heavy atom. The normalized spacial score (nSPS) is 34.2. The van der Waals surface area contributed by atoms with Crippen LogP contribution >= 0.6 is 0 Å². The molecule has 2 fully saturated rings. The first-order chi connectivity index (χ1) is 10.2. The van der Waals surface area contributed by atoms with Gasteiger partial charge in [-0.1, -0.05) is 52.9 Å². The standard InChI is InChI=1S/C18H34N2O/c1-4-6-11-16-18(21)20(17(19-16)8-5-2)15-10-7-9-14(3)12-13-15/h14-17,19H,4-13H2,1-3H3. The van der Waals surface area contributed by atoms with Gasteiger partial charge in [0.05, 0.1) is 12.2 Å². The molecule has 3 heteroatoms. The van der Waals surface area contributed by atoms with Crippen LogP contribution in [-0.2, 0) is 4.79 Å². The van der Waals surface area contributed by atoms with E-state index in [9.17, 15) is 4.79 Å². The summed E-state index contributed by atoms with van der Waals surface area (Å²) in [5, 5.41) is 3.63. The summed E-state index contributed by atoms with van der Waals surface area (Å²) in [5.41, 5.74) is 0. The fourth-order valence-corrected chi connectivity index (χ4v) is 4.01. The minimum Gasteiger partial charge on any atom is -0.323 e. The molecule has 2 rings (SSSR count). The second-order valence-electron chi connectivity index (χ2n) is 7.18. The molecule has 1 saturated carbocycles. The van der Waals surface area contributed by atoms with Crippen molar-refractivity contribution in [2.45, 2.75) is 103 Å². The molecule has 0 radical (unpaired) electrons. The number of nitrogens with zero attached hydrogens (tertiary/aromatic N) is 1. The molecule has 1 heterocycles. The maximum absolute atomic E-state index is 12.9. The molecule has 0 aromatic rings. The lowest BCUT2D eigenvalue weighted by molar-refractivity contribution is -0.132. The van der Waals surface area contributed by atoms with Crippen molar-refractivity contribution in [3.8, 4) is 0 Å². The number of amides is 1. The number of nitrogens with one attached hydrogen (secondary N) is 1. The highest BCUT2D eigenvalue weighted by atomic mass is 16.2. The second kappa shape index (κ2) is 8.17. The Hall–Kier alpha value is -0.570. The minimum absolute atomic E-state index is 0.0853. The van der Waals surface area contributed by atoms with Crippen LogP contribution in [0, 0.1) is 5.92 Å². The van der Waals surface area contributed by atoms with Gasteiger partial charge in [-0.15, -0.1) is 0 Å². The molecule has 1 N–H and O–H groups in total. The van der Waals surface area contributed by atoms with Crippen molar-refractivity contribution in [3.05, 3.63) is 0 Å². The third kappa shape index (κ3) is 4.21. The lowest BCUT2D eigenvalue weighted by atomic mass is 10.0. The van der Waals surface area contributed by atoms with E-state index in [-0.39, 0.29) is 6.04 Å². The Balaban J connectivity index is 2.04. The Labute approximate surface area is 130 Å². The van der Waals surface area contributed by atoms with Crippen LogP contribution in [0.1, 0.15) is 85.0 Å². The highest BCUT2D eigenvalue weighted by molar-refractivity contribution is 5.84. The van der Waals surface area contributed by atoms with E-state index in [2.05, 4.69) is 31.0 Å². The van der Waals surface area contributed by atoms with Crippen molar-refractivity contribution < 1.29 is 4.79 Å². The van der Waals surface area contributed by atoms with Gasteiger partial charge < -0.3 is 4.90 Å². The van der Waals surface area contributed by atoms with E-state index in [0.717, 1.165) is 31.6 Å². The van der Waals surface area contributed by atoms with Gasteiger partial charge in [-0.2, -0.15) is 0 Å². The predicted octanol–water partition coefficient (Wildman–Crippen LogP) is 4.07. The highest BCUT2D eigenvalue weighted by Crippen LogP contribution is 2.30. The predicted molar refractivity (Wildman–Crippen MR) is 88.0 cm³/mol. The molecular weight excluding hydrogens is 260 g/mol. The van der Waals surface area contributed by atoms with Crippen LogP contribution in [0.15, 0.2) is 0 Å². The summed E-state index contributed by atoms with van der Waals surface area (Å²) in [4.78, 5) is 15.1. The Morgan fingerprint density at radius 2 is 1.90 bits per heavy atom. The first-order valence-electron chi connectivity index (χ1n) is 9.25. The molecule has 4 atom stereocenters. The average molecular weight is 294 g/mol. The van der Waals surface area contributed by atoms with Gasteiger partial charge in [0, 0.05) is 6.04 Å². The van der Waals surface area contributed by atoms with Gasteiger partial charge in [0.25, 0.3) is 0 Å². The summed E-state index contributed by atoms with van der Waals surface area (Å²) in [5.74, 6) is 1.22. The van der Waals surface area contributed by atoms with Crippen molar-refractivity contribution in [1.82, 2.24) is 10.2 Å². The zero-order chi connectivity index (χ0) is 15.2. The molecule has 1 saturated heterocycles. The largest absolute Gasteiger partial charge is 0.323 e. The quantitative estimate of drug-likeness (QED) is 0.749. The van der Waals surface area contributed by atoms with Crippen molar-refractivity contribution in [2.75, 3.05) is 0 Å². The summed E-state index contributed by atoms with van der Waals surface area (Å²) in [6.45, 7) is 6.78.